The fraction of sp³-hybridized carbons (Fsp3) is 0.500. The molecule has 0 saturated heterocycles. The molecule has 0 unspecified atom stereocenters. The summed E-state index contributed by atoms with van der Waals surface area (Å²) in [6.45, 7) is 6.33. The molecule has 2 N–H and O–H groups in total. The van der Waals surface area contributed by atoms with E-state index in [1.807, 2.05) is 26.2 Å². The molecule has 0 atom stereocenters. The molecular formula is C20H32IN5O. The molecular weight excluding hydrogens is 453 g/mol. The van der Waals surface area contributed by atoms with Gasteiger partial charge in [-0.25, -0.2) is 4.98 Å². The van der Waals surface area contributed by atoms with Crippen molar-refractivity contribution >= 4 is 29.9 Å². The minimum atomic E-state index is -0.243. The van der Waals surface area contributed by atoms with Crippen molar-refractivity contribution in [3.05, 3.63) is 54.1 Å². The standard InChI is InChI=1S/C20H31N5O.HI/c1-20(2,26-4)16-24-19(21-3)23-15-18-22-12-14-25(18)13-8-11-17-9-6-5-7-10-17;/h5-7,9-10,12,14H,8,11,13,15-16H2,1-4H3,(H2,21,23,24);1H. The van der Waals surface area contributed by atoms with Crippen LogP contribution in [0.25, 0.3) is 0 Å². The summed E-state index contributed by atoms with van der Waals surface area (Å²) < 4.78 is 7.62. The average Bonchev–Trinajstić information content (AvgIpc) is 3.10. The molecule has 0 bridgehead atoms. The lowest BCUT2D eigenvalue weighted by Gasteiger charge is -2.24. The second kappa shape index (κ2) is 12.0. The third-order valence-corrected chi connectivity index (χ3v) is 4.38. The van der Waals surface area contributed by atoms with Crippen molar-refractivity contribution in [3.8, 4) is 0 Å². The lowest BCUT2D eigenvalue weighted by molar-refractivity contribution is 0.0268. The molecule has 0 aliphatic heterocycles. The number of aliphatic imine (C=N–C) groups is 1. The molecule has 1 heterocycles. The molecule has 0 radical (unpaired) electrons. The number of nitrogens with zero attached hydrogens (tertiary/aromatic N) is 3. The second-order valence-corrected chi connectivity index (χ2v) is 6.87. The molecule has 1 aromatic heterocycles. The number of halogens is 1. The summed E-state index contributed by atoms with van der Waals surface area (Å²) in [5, 5.41) is 6.60. The van der Waals surface area contributed by atoms with E-state index in [-0.39, 0.29) is 29.6 Å². The molecule has 7 heteroatoms. The maximum atomic E-state index is 5.42. The molecule has 1 aromatic carbocycles. The number of guanidine groups is 1. The van der Waals surface area contributed by atoms with Crippen LogP contribution in [0.5, 0.6) is 0 Å². The Hall–Kier alpha value is -1.61. The fourth-order valence-electron chi connectivity index (χ4n) is 2.56. The zero-order valence-electron chi connectivity index (χ0n) is 16.7. The van der Waals surface area contributed by atoms with Gasteiger partial charge in [0.25, 0.3) is 0 Å². The fourth-order valence-corrected chi connectivity index (χ4v) is 2.56. The molecule has 2 rings (SSSR count). The number of aromatic nitrogens is 2. The first-order valence-corrected chi connectivity index (χ1v) is 9.07. The van der Waals surface area contributed by atoms with Gasteiger partial charge in [0, 0.05) is 39.6 Å². The van der Waals surface area contributed by atoms with Gasteiger partial charge in [0.15, 0.2) is 5.96 Å². The highest BCUT2D eigenvalue weighted by molar-refractivity contribution is 14.0. The highest BCUT2D eigenvalue weighted by atomic mass is 127. The van der Waals surface area contributed by atoms with E-state index < -0.39 is 0 Å². The van der Waals surface area contributed by atoms with E-state index in [9.17, 15) is 0 Å². The van der Waals surface area contributed by atoms with Gasteiger partial charge < -0.3 is 19.9 Å². The number of hydrogen-bond acceptors (Lipinski definition) is 3. The van der Waals surface area contributed by atoms with Crippen molar-refractivity contribution in [3.63, 3.8) is 0 Å². The monoisotopic (exact) mass is 485 g/mol. The van der Waals surface area contributed by atoms with Gasteiger partial charge in [-0.2, -0.15) is 0 Å². The van der Waals surface area contributed by atoms with Gasteiger partial charge in [-0.1, -0.05) is 30.3 Å². The molecule has 0 fully saturated rings. The lowest BCUT2D eigenvalue weighted by atomic mass is 10.1. The van der Waals surface area contributed by atoms with Gasteiger partial charge in [-0.05, 0) is 32.3 Å². The second-order valence-electron chi connectivity index (χ2n) is 6.87. The summed E-state index contributed by atoms with van der Waals surface area (Å²) in [6.07, 6.45) is 6.04. The number of imidazole rings is 1. The van der Waals surface area contributed by atoms with Crippen LogP contribution >= 0.6 is 24.0 Å². The van der Waals surface area contributed by atoms with Crippen molar-refractivity contribution in [1.82, 2.24) is 20.2 Å². The highest BCUT2D eigenvalue weighted by Gasteiger charge is 2.16. The largest absolute Gasteiger partial charge is 0.377 e. The van der Waals surface area contributed by atoms with Crippen LogP contribution in [-0.2, 0) is 24.2 Å². The van der Waals surface area contributed by atoms with Gasteiger partial charge in [0.2, 0.25) is 0 Å². The number of aryl methyl sites for hydroxylation is 2. The van der Waals surface area contributed by atoms with E-state index in [1.54, 1.807) is 14.2 Å². The SMILES string of the molecule is CN=C(NCc1nccn1CCCc1ccccc1)NCC(C)(C)OC.I. The first-order chi connectivity index (χ1) is 12.5. The van der Waals surface area contributed by atoms with E-state index in [0.717, 1.165) is 31.2 Å². The van der Waals surface area contributed by atoms with Crippen LogP contribution in [0.2, 0.25) is 0 Å². The maximum absolute atomic E-state index is 5.42. The van der Waals surface area contributed by atoms with Crippen LogP contribution in [-0.4, -0.2) is 41.8 Å². The number of methoxy groups -OCH3 is 1. The number of nitrogens with one attached hydrogen (secondary N) is 2. The molecule has 0 aliphatic carbocycles. The molecule has 2 aromatic rings. The predicted octanol–water partition coefficient (Wildman–Crippen LogP) is 3.22. The zero-order chi connectivity index (χ0) is 18.8. The highest BCUT2D eigenvalue weighted by Crippen LogP contribution is 2.06. The Kier molecular flexibility index (Phi) is 10.4. The summed E-state index contributed by atoms with van der Waals surface area (Å²) in [7, 11) is 3.48. The Morgan fingerprint density at radius 1 is 1.22 bits per heavy atom. The van der Waals surface area contributed by atoms with Gasteiger partial charge in [0.1, 0.15) is 5.82 Å². The van der Waals surface area contributed by atoms with Gasteiger partial charge in [-0.15, -0.1) is 24.0 Å². The van der Waals surface area contributed by atoms with E-state index in [0.29, 0.717) is 13.1 Å². The molecule has 0 spiro atoms. The summed E-state index contributed by atoms with van der Waals surface area (Å²) in [5.74, 6) is 1.75. The summed E-state index contributed by atoms with van der Waals surface area (Å²) in [4.78, 5) is 8.72. The van der Waals surface area contributed by atoms with Crippen molar-refractivity contribution < 1.29 is 4.74 Å². The van der Waals surface area contributed by atoms with E-state index >= 15 is 0 Å². The van der Waals surface area contributed by atoms with E-state index in [4.69, 9.17) is 4.74 Å². The maximum Gasteiger partial charge on any atom is 0.191 e. The predicted molar refractivity (Wildman–Crippen MR) is 122 cm³/mol. The van der Waals surface area contributed by atoms with Crippen molar-refractivity contribution in [1.29, 1.82) is 0 Å². The minimum absolute atomic E-state index is 0. The van der Waals surface area contributed by atoms with Crippen LogP contribution in [0, 0.1) is 0 Å². The number of hydrogen-bond donors (Lipinski definition) is 2. The smallest absolute Gasteiger partial charge is 0.191 e. The first kappa shape index (κ1) is 23.4. The van der Waals surface area contributed by atoms with Gasteiger partial charge in [-0.3, -0.25) is 4.99 Å². The van der Waals surface area contributed by atoms with Crippen LogP contribution in [0.3, 0.4) is 0 Å². The Labute approximate surface area is 179 Å². The van der Waals surface area contributed by atoms with E-state index in [2.05, 4.69) is 55.5 Å². The van der Waals surface area contributed by atoms with Crippen molar-refractivity contribution in [2.24, 2.45) is 4.99 Å². The summed E-state index contributed by atoms with van der Waals surface area (Å²) >= 11 is 0. The minimum Gasteiger partial charge on any atom is -0.377 e. The molecule has 27 heavy (non-hydrogen) atoms. The Morgan fingerprint density at radius 3 is 2.63 bits per heavy atom. The van der Waals surface area contributed by atoms with Crippen molar-refractivity contribution in [2.75, 3.05) is 20.7 Å². The van der Waals surface area contributed by atoms with Crippen LogP contribution in [0.4, 0.5) is 0 Å². The average molecular weight is 485 g/mol. The molecule has 0 amide bonds. The zero-order valence-corrected chi connectivity index (χ0v) is 19.1. The van der Waals surface area contributed by atoms with Crippen LogP contribution in [0.15, 0.2) is 47.7 Å². The third-order valence-electron chi connectivity index (χ3n) is 4.38. The molecule has 150 valence electrons. The third kappa shape index (κ3) is 8.30. The quantitative estimate of drug-likeness (QED) is 0.325. The molecule has 0 saturated carbocycles. The first-order valence-electron chi connectivity index (χ1n) is 9.07. The Balaban J connectivity index is 0.00000364. The normalized spacial score (nSPS) is 11.8. The Bertz CT molecular complexity index is 685. The van der Waals surface area contributed by atoms with Gasteiger partial charge in [0.05, 0.1) is 12.1 Å². The molecule has 0 aliphatic rings. The molecule has 6 nitrogen and oxygen atoms in total. The van der Waals surface area contributed by atoms with Crippen molar-refractivity contribution in [2.45, 2.75) is 45.4 Å². The topological polar surface area (TPSA) is 63.5 Å². The number of benzene rings is 1. The van der Waals surface area contributed by atoms with Gasteiger partial charge >= 0.3 is 0 Å². The lowest BCUT2D eigenvalue weighted by Crippen LogP contribution is -2.45. The summed E-state index contributed by atoms with van der Waals surface area (Å²) in [5.41, 5.74) is 1.13. The van der Waals surface area contributed by atoms with Crippen LogP contribution in [0.1, 0.15) is 31.7 Å². The summed E-state index contributed by atoms with van der Waals surface area (Å²) in [6, 6.07) is 10.6. The van der Waals surface area contributed by atoms with Crippen LogP contribution < -0.4 is 10.6 Å². The Morgan fingerprint density at radius 2 is 1.96 bits per heavy atom. The van der Waals surface area contributed by atoms with E-state index in [1.165, 1.54) is 5.56 Å². The number of rotatable bonds is 9. The number of ether oxygens (including phenoxy) is 1.